The van der Waals surface area contributed by atoms with Crippen LogP contribution in [-0.4, -0.2) is 64.9 Å². The Kier molecular flexibility index (Phi) is 7.92. The molecule has 0 radical (unpaired) electrons. The summed E-state index contributed by atoms with van der Waals surface area (Å²) in [6.07, 6.45) is 0.653. The molecule has 15 heteroatoms. The molecule has 3 fully saturated rings. The summed E-state index contributed by atoms with van der Waals surface area (Å²) >= 11 is 0. The number of nitrogens with zero attached hydrogens (tertiary/aromatic N) is 3. The van der Waals surface area contributed by atoms with E-state index in [0.29, 0.717) is 16.9 Å². The van der Waals surface area contributed by atoms with Gasteiger partial charge >= 0.3 is 17.9 Å². The number of carbonyl (C=O) groups excluding carboxylic acids is 2. The number of nitrogens with one attached hydrogen (secondary N) is 3. The number of allylic oxidation sites excluding steroid dienone is 1. The van der Waals surface area contributed by atoms with Gasteiger partial charge in [0.2, 0.25) is 5.92 Å². The first-order valence-electron chi connectivity index (χ1n) is 13.4. The van der Waals surface area contributed by atoms with Crippen molar-refractivity contribution in [1.82, 2.24) is 25.1 Å². The quantitative estimate of drug-likeness (QED) is 0.341. The van der Waals surface area contributed by atoms with Gasteiger partial charge in [-0.25, -0.2) is 22.9 Å². The fourth-order valence-corrected chi connectivity index (χ4v) is 5.44. The number of carbonyl (C=O) groups is 2. The number of urea groups is 1. The van der Waals surface area contributed by atoms with E-state index in [-0.39, 0.29) is 38.2 Å². The Bertz CT molecular complexity index is 1320. The molecular weight excluding hydrogens is 558 g/mol. The third kappa shape index (κ3) is 6.60. The molecule has 0 unspecified atom stereocenters. The molecule has 0 aromatic carbocycles. The molecule has 1 saturated heterocycles. The maximum atomic E-state index is 14.5. The second kappa shape index (κ2) is 11.1. The Morgan fingerprint density at radius 3 is 2.61 bits per heavy atom. The summed E-state index contributed by atoms with van der Waals surface area (Å²) in [6.45, 7) is -0.719. The summed E-state index contributed by atoms with van der Waals surface area (Å²) in [5, 5.41) is 8.92. The SMILES string of the molecule is COC[C@H](c1cnn2cc([C@@H](NC(=O)/C(F)=C\C3CC3)C3CCC(F)(F)CC3)[nH+]c2c1)N1C[C@@H](C(F)(F)F)NC1=O. The van der Waals surface area contributed by atoms with Crippen LogP contribution in [0.4, 0.5) is 31.1 Å². The van der Waals surface area contributed by atoms with E-state index in [1.54, 1.807) is 12.3 Å². The average Bonchev–Trinajstić information content (AvgIpc) is 3.47. The van der Waals surface area contributed by atoms with Gasteiger partial charge in [-0.2, -0.15) is 13.2 Å². The van der Waals surface area contributed by atoms with E-state index in [1.807, 2.05) is 5.32 Å². The molecular formula is C26H31F6N6O3+. The Hall–Kier alpha value is -3.36. The molecule has 3 atom stereocenters. The van der Waals surface area contributed by atoms with Gasteiger partial charge in [0.1, 0.15) is 6.04 Å². The topological polar surface area (TPSA) is 102 Å². The molecule has 2 aromatic rings. The Balaban J connectivity index is 1.43. The Labute approximate surface area is 231 Å². The van der Waals surface area contributed by atoms with Gasteiger partial charge in [0.05, 0.1) is 31.4 Å². The maximum absolute atomic E-state index is 14.5. The number of rotatable bonds is 9. The van der Waals surface area contributed by atoms with Crippen molar-refractivity contribution in [3.05, 3.63) is 41.6 Å². The zero-order chi connectivity index (χ0) is 29.5. The summed E-state index contributed by atoms with van der Waals surface area (Å²) in [7, 11) is 1.35. The first-order chi connectivity index (χ1) is 19.3. The molecule has 2 saturated carbocycles. The molecule has 3 amide bonds. The number of aromatic nitrogens is 3. The van der Waals surface area contributed by atoms with Crippen LogP contribution >= 0.6 is 0 Å². The van der Waals surface area contributed by atoms with Gasteiger partial charge in [-0.3, -0.25) is 4.79 Å². The number of alkyl halides is 5. The van der Waals surface area contributed by atoms with E-state index in [9.17, 15) is 35.9 Å². The largest absolute Gasteiger partial charge is 0.410 e. The Morgan fingerprint density at radius 2 is 2.00 bits per heavy atom. The molecule has 0 bridgehead atoms. The predicted octanol–water partition coefficient (Wildman–Crippen LogP) is 4.04. The molecule has 3 N–H and O–H groups in total. The smallest absolute Gasteiger partial charge is 0.382 e. The van der Waals surface area contributed by atoms with Crippen LogP contribution in [0.15, 0.2) is 30.4 Å². The zero-order valence-corrected chi connectivity index (χ0v) is 22.2. The first-order valence-corrected chi connectivity index (χ1v) is 13.4. The second-order valence-electron chi connectivity index (χ2n) is 11.0. The van der Waals surface area contributed by atoms with Crippen molar-refractivity contribution in [2.75, 3.05) is 20.3 Å². The second-order valence-corrected chi connectivity index (χ2v) is 11.0. The lowest BCUT2D eigenvalue weighted by atomic mass is 9.81. The number of amides is 3. The van der Waals surface area contributed by atoms with E-state index in [4.69, 9.17) is 4.74 Å². The third-order valence-electron chi connectivity index (χ3n) is 7.91. The number of H-pyrrole nitrogens is 1. The Morgan fingerprint density at radius 1 is 1.29 bits per heavy atom. The highest BCUT2D eigenvalue weighted by molar-refractivity contribution is 5.91. The number of halogens is 6. The highest BCUT2D eigenvalue weighted by atomic mass is 19.4. The molecule has 224 valence electrons. The standard InChI is InChI=1S/C26H30F6N6O3/c1-41-13-19(37-12-20(26(30,31)32)35-24(37)40)16-9-21-34-18(11-38(21)33-10-16)22(15-4-6-25(28,29)7-5-15)36-23(39)17(27)8-14-2-3-14/h8-11,14-15,19-20,22H,2-7,12-13H2,1H3,(H,35,40)(H,36,39)/p+1/b17-8+/t19-,20+,22+/m1/s1. The lowest BCUT2D eigenvalue weighted by Gasteiger charge is -2.32. The number of imidazole rings is 1. The summed E-state index contributed by atoms with van der Waals surface area (Å²) in [4.78, 5) is 29.2. The number of ether oxygens (including phenoxy) is 1. The molecule has 3 aliphatic rings. The number of hydrogen-bond donors (Lipinski definition) is 2. The van der Waals surface area contributed by atoms with E-state index in [1.165, 1.54) is 23.9 Å². The lowest BCUT2D eigenvalue weighted by molar-refractivity contribution is -0.362. The summed E-state index contributed by atoms with van der Waals surface area (Å²) in [5.41, 5.74) is 1.14. The molecule has 0 spiro atoms. The minimum Gasteiger partial charge on any atom is -0.382 e. The van der Waals surface area contributed by atoms with Gasteiger partial charge in [0, 0.05) is 31.6 Å². The number of hydrogen-bond acceptors (Lipinski definition) is 4. The van der Waals surface area contributed by atoms with Crippen LogP contribution in [0.3, 0.4) is 0 Å². The predicted molar refractivity (Wildman–Crippen MR) is 131 cm³/mol. The molecule has 9 nitrogen and oxygen atoms in total. The molecule has 5 rings (SSSR count). The van der Waals surface area contributed by atoms with Crippen LogP contribution in [0.25, 0.3) is 5.65 Å². The number of aromatic amines is 1. The van der Waals surface area contributed by atoms with E-state index >= 15 is 0 Å². The lowest BCUT2D eigenvalue weighted by Crippen LogP contribution is -2.40. The summed E-state index contributed by atoms with van der Waals surface area (Å²) in [5.74, 6) is -5.06. The van der Waals surface area contributed by atoms with Crippen LogP contribution in [0.1, 0.15) is 61.9 Å². The minimum absolute atomic E-state index is 0.0166. The monoisotopic (exact) mass is 589 g/mol. The number of methoxy groups -OCH3 is 1. The third-order valence-corrected chi connectivity index (χ3v) is 7.91. The van der Waals surface area contributed by atoms with Gasteiger partial charge < -0.3 is 20.3 Å². The number of fused-ring (bicyclic) bond motifs is 1. The van der Waals surface area contributed by atoms with Gasteiger partial charge in [0.25, 0.3) is 5.91 Å². The van der Waals surface area contributed by atoms with Crippen LogP contribution in [-0.2, 0) is 9.53 Å². The van der Waals surface area contributed by atoms with Gasteiger partial charge in [0.15, 0.2) is 17.7 Å². The van der Waals surface area contributed by atoms with Crippen molar-refractivity contribution in [3.63, 3.8) is 0 Å². The van der Waals surface area contributed by atoms with Crippen molar-refractivity contribution in [2.45, 2.75) is 68.7 Å². The van der Waals surface area contributed by atoms with Crippen molar-refractivity contribution in [1.29, 1.82) is 0 Å². The van der Waals surface area contributed by atoms with Gasteiger partial charge in [-0.15, -0.1) is 4.52 Å². The van der Waals surface area contributed by atoms with Crippen molar-refractivity contribution in [3.8, 4) is 0 Å². The maximum Gasteiger partial charge on any atom is 0.410 e. The van der Waals surface area contributed by atoms with Crippen molar-refractivity contribution < 1.29 is 45.7 Å². The van der Waals surface area contributed by atoms with Crippen LogP contribution in [0, 0.1) is 11.8 Å². The fourth-order valence-electron chi connectivity index (χ4n) is 5.44. The van der Waals surface area contributed by atoms with E-state index in [0.717, 1.165) is 17.7 Å². The first kappa shape index (κ1) is 29.1. The van der Waals surface area contributed by atoms with Crippen LogP contribution < -0.4 is 15.6 Å². The van der Waals surface area contributed by atoms with Gasteiger partial charge in [-0.05, 0) is 43.6 Å². The van der Waals surface area contributed by atoms with Crippen LogP contribution in [0.5, 0.6) is 0 Å². The normalized spacial score (nSPS) is 23.5. The highest BCUT2D eigenvalue weighted by Gasteiger charge is 2.49. The van der Waals surface area contributed by atoms with E-state index in [2.05, 4.69) is 15.4 Å². The van der Waals surface area contributed by atoms with Gasteiger partial charge in [-0.1, -0.05) is 5.10 Å². The fraction of sp³-hybridized carbons (Fsp3) is 0.615. The molecule has 41 heavy (non-hydrogen) atoms. The molecule has 2 aliphatic carbocycles. The van der Waals surface area contributed by atoms with Crippen molar-refractivity contribution >= 4 is 17.6 Å². The van der Waals surface area contributed by atoms with E-state index < -0.39 is 60.5 Å². The molecule has 3 heterocycles. The zero-order valence-electron chi connectivity index (χ0n) is 22.2. The summed E-state index contributed by atoms with van der Waals surface area (Å²) in [6, 6.07) is -3.06. The highest BCUT2D eigenvalue weighted by Crippen LogP contribution is 2.41. The molecule has 2 aromatic heterocycles. The summed E-state index contributed by atoms with van der Waals surface area (Å²) < 4.78 is 88.7. The minimum atomic E-state index is -4.62. The van der Waals surface area contributed by atoms with Crippen molar-refractivity contribution in [2.24, 2.45) is 11.8 Å². The van der Waals surface area contributed by atoms with Crippen LogP contribution in [0.2, 0.25) is 0 Å². The average molecular weight is 590 g/mol. The molecule has 1 aliphatic heterocycles.